The third-order valence-corrected chi connectivity index (χ3v) is 2.06. The molecule has 0 aliphatic carbocycles. The van der Waals surface area contributed by atoms with Crippen LogP contribution in [0.15, 0.2) is 24.3 Å². The van der Waals surface area contributed by atoms with Crippen molar-refractivity contribution in [2.45, 2.75) is 25.6 Å². The maximum atomic E-state index is 12.3. The minimum absolute atomic E-state index is 0.279. The number of hydrogen-bond acceptors (Lipinski definition) is 2. The van der Waals surface area contributed by atoms with Crippen molar-refractivity contribution in [1.29, 1.82) is 0 Å². The number of hydrogen-bond donors (Lipinski definition) is 2. The van der Waals surface area contributed by atoms with Crippen molar-refractivity contribution in [3.05, 3.63) is 29.8 Å². The van der Waals surface area contributed by atoms with Crippen molar-refractivity contribution in [2.24, 2.45) is 5.73 Å². The highest BCUT2D eigenvalue weighted by atomic mass is 19.4. The van der Waals surface area contributed by atoms with E-state index in [2.05, 4.69) is 5.32 Å². The van der Waals surface area contributed by atoms with Gasteiger partial charge in [0.1, 0.15) is 0 Å². The predicted molar refractivity (Wildman–Crippen MR) is 58.3 cm³/mol. The zero-order valence-corrected chi connectivity index (χ0v) is 9.43. The summed E-state index contributed by atoms with van der Waals surface area (Å²) in [4.78, 5) is 11.5. The first kappa shape index (κ1) is 13.5. The standard InChI is InChI=1S/C11H13F3N2O/c1-10(2,15)9(17)16-8-5-3-7(4-6-8)11(12,13)14/h3-6H,15H2,1-2H3,(H,16,17). The summed E-state index contributed by atoms with van der Waals surface area (Å²) in [7, 11) is 0. The van der Waals surface area contributed by atoms with E-state index in [1.54, 1.807) is 0 Å². The Morgan fingerprint density at radius 2 is 1.65 bits per heavy atom. The van der Waals surface area contributed by atoms with Gasteiger partial charge in [0.15, 0.2) is 0 Å². The van der Waals surface area contributed by atoms with E-state index >= 15 is 0 Å². The molecule has 0 aliphatic rings. The average Bonchev–Trinajstić information content (AvgIpc) is 2.15. The number of anilines is 1. The third kappa shape index (κ3) is 3.74. The molecule has 0 heterocycles. The largest absolute Gasteiger partial charge is 0.416 e. The Kier molecular flexibility index (Phi) is 3.47. The van der Waals surface area contributed by atoms with Gasteiger partial charge < -0.3 is 11.1 Å². The lowest BCUT2D eigenvalue weighted by atomic mass is 10.1. The maximum Gasteiger partial charge on any atom is 0.416 e. The molecule has 1 aromatic rings. The molecule has 1 amide bonds. The van der Waals surface area contributed by atoms with Crippen LogP contribution in [-0.2, 0) is 11.0 Å². The van der Waals surface area contributed by atoms with Crippen molar-refractivity contribution in [2.75, 3.05) is 5.32 Å². The topological polar surface area (TPSA) is 55.1 Å². The molecule has 1 aromatic carbocycles. The fraction of sp³-hybridized carbons (Fsp3) is 0.364. The van der Waals surface area contributed by atoms with E-state index in [1.165, 1.54) is 26.0 Å². The van der Waals surface area contributed by atoms with Gasteiger partial charge in [-0.2, -0.15) is 13.2 Å². The number of carbonyl (C=O) groups is 1. The van der Waals surface area contributed by atoms with Crippen LogP contribution in [0.3, 0.4) is 0 Å². The number of nitrogens with one attached hydrogen (secondary N) is 1. The first-order valence-corrected chi connectivity index (χ1v) is 4.88. The Bertz CT molecular complexity index is 404. The van der Waals surface area contributed by atoms with Gasteiger partial charge in [-0.25, -0.2) is 0 Å². The Balaban J connectivity index is 2.80. The molecule has 0 fully saturated rings. The van der Waals surface area contributed by atoms with Crippen molar-refractivity contribution in [3.8, 4) is 0 Å². The first-order valence-electron chi connectivity index (χ1n) is 4.88. The van der Waals surface area contributed by atoms with E-state index in [4.69, 9.17) is 5.73 Å². The van der Waals surface area contributed by atoms with Gasteiger partial charge in [0.25, 0.3) is 0 Å². The number of nitrogens with two attached hydrogens (primary N) is 1. The average molecular weight is 246 g/mol. The van der Waals surface area contributed by atoms with Crippen LogP contribution in [0, 0.1) is 0 Å². The summed E-state index contributed by atoms with van der Waals surface area (Å²) in [5.41, 5.74) is 3.97. The second-order valence-electron chi connectivity index (χ2n) is 4.25. The lowest BCUT2D eigenvalue weighted by Crippen LogP contribution is -2.45. The fourth-order valence-electron chi connectivity index (χ4n) is 1.03. The minimum Gasteiger partial charge on any atom is -0.325 e. The smallest absolute Gasteiger partial charge is 0.325 e. The van der Waals surface area contributed by atoms with Gasteiger partial charge in [-0.15, -0.1) is 0 Å². The molecule has 0 aromatic heterocycles. The summed E-state index contributed by atoms with van der Waals surface area (Å²) < 4.78 is 36.8. The molecule has 3 nitrogen and oxygen atoms in total. The van der Waals surface area contributed by atoms with Crippen LogP contribution in [0.1, 0.15) is 19.4 Å². The molecule has 6 heteroatoms. The molecule has 0 bridgehead atoms. The molecule has 0 radical (unpaired) electrons. The van der Waals surface area contributed by atoms with Crippen molar-refractivity contribution >= 4 is 11.6 Å². The van der Waals surface area contributed by atoms with Crippen LogP contribution in [-0.4, -0.2) is 11.4 Å². The van der Waals surface area contributed by atoms with Crippen molar-refractivity contribution in [1.82, 2.24) is 0 Å². The molecule has 0 saturated heterocycles. The van der Waals surface area contributed by atoms with Crippen LogP contribution in [0.25, 0.3) is 0 Å². The zero-order chi connectivity index (χ0) is 13.3. The van der Waals surface area contributed by atoms with Crippen LogP contribution in [0.4, 0.5) is 18.9 Å². The number of rotatable bonds is 2. The van der Waals surface area contributed by atoms with E-state index in [0.717, 1.165) is 12.1 Å². The van der Waals surface area contributed by atoms with Crippen LogP contribution < -0.4 is 11.1 Å². The third-order valence-electron chi connectivity index (χ3n) is 2.06. The number of benzene rings is 1. The summed E-state index contributed by atoms with van der Waals surface area (Å²) >= 11 is 0. The summed E-state index contributed by atoms with van der Waals surface area (Å²) in [6.45, 7) is 3.01. The van der Waals surface area contributed by atoms with E-state index < -0.39 is 23.2 Å². The first-order chi connectivity index (χ1) is 7.60. The van der Waals surface area contributed by atoms with Crippen LogP contribution in [0.2, 0.25) is 0 Å². The molecule has 0 unspecified atom stereocenters. The van der Waals surface area contributed by atoms with Gasteiger partial charge in [0, 0.05) is 5.69 Å². The maximum absolute atomic E-state index is 12.3. The lowest BCUT2D eigenvalue weighted by molar-refractivity contribution is -0.137. The zero-order valence-electron chi connectivity index (χ0n) is 9.43. The number of amides is 1. The highest BCUT2D eigenvalue weighted by Crippen LogP contribution is 2.29. The summed E-state index contributed by atoms with van der Waals surface area (Å²) in [6.07, 6.45) is -4.38. The normalized spacial score (nSPS) is 12.4. The predicted octanol–water partition coefficient (Wildman–Crippen LogP) is 2.38. The Labute approximate surface area is 96.8 Å². The van der Waals surface area contributed by atoms with E-state index in [-0.39, 0.29) is 5.69 Å². The molecular formula is C11H13F3N2O. The highest BCUT2D eigenvalue weighted by Gasteiger charge is 2.30. The highest BCUT2D eigenvalue weighted by molar-refractivity contribution is 5.97. The number of carbonyl (C=O) groups excluding carboxylic acids is 1. The molecule has 94 valence electrons. The number of alkyl halides is 3. The van der Waals surface area contributed by atoms with Gasteiger partial charge in [-0.05, 0) is 38.1 Å². The fourth-order valence-corrected chi connectivity index (χ4v) is 1.03. The van der Waals surface area contributed by atoms with Gasteiger partial charge in [-0.3, -0.25) is 4.79 Å². The molecule has 17 heavy (non-hydrogen) atoms. The van der Waals surface area contributed by atoms with Crippen molar-refractivity contribution in [3.63, 3.8) is 0 Å². The van der Waals surface area contributed by atoms with Gasteiger partial charge in [0.05, 0.1) is 11.1 Å². The summed E-state index contributed by atoms with van der Waals surface area (Å²) in [5, 5.41) is 2.43. The molecule has 0 spiro atoms. The van der Waals surface area contributed by atoms with Gasteiger partial charge in [0.2, 0.25) is 5.91 Å². The van der Waals surface area contributed by atoms with Crippen LogP contribution in [0.5, 0.6) is 0 Å². The molecule has 0 atom stereocenters. The monoisotopic (exact) mass is 246 g/mol. The Hall–Kier alpha value is -1.56. The molecule has 3 N–H and O–H groups in total. The summed E-state index contributed by atoms with van der Waals surface area (Å²) in [6, 6.07) is 4.18. The van der Waals surface area contributed by atoms with Crippen LogP contribution >= 0.6 is 0 Å². The van der Waals surface area contributed by atoms with E-state index in [9.17, 15) is 18.0 Å². The second kappa shape index (κ2) is 4.37. The Morgan fingerprint density at radius 1 is 1.18 bits per heavy atom. The van der Waals surface area contributed by atoms with E-state index in [1.807, 2.05) is 0 Å². The quantitative estimate of drug-likeness (QED) is 0.841. The Morgan fingerprint density at radius 3 is 2.00 bits per heavy atom. The van der Waals surface area contributed by atoms with Gasteiger partial charge >= 0.3 is 6.18 Å². The minimum atomic E-state index is -4.38. The number of halogens is 3. The van der Waals surface area contributed by atoms with Crippen molar-refractivity contribution < 1.29 is 18.0 Å². The summed E-state index contributed by atoms with van der Waals surface area (Å²) in [5.74, 6) is -0.461. The second-order valence-corrected chi connectivity index (χ2v) is 4.25. The molecule has 1 rings (SSSR count). The van der Waals surface area contributed by atoms with E-state index in [0.29, 0.717) is 0 Å². The SMILES string of the molecule is CC(C)(N)C(=O)Nc1ccc(C(F)(F)F)cc1. The lowest BCUT2D eigenvalue weighted by Gasteiger charge is -2.18. The van der Waals surface area contributed by atoms with Gasteiger partial charge in [-0.1, -0.05) is 0 Å². The molecule has 0 saturated carbocycles. The molecule has 0 aliphatic heterocycles. The molecular weight excluding hydrogens is 233 g/mol.